The van der Waals surface area contributed by atoms with Crippen molar-refractivity contribution in [3.63, 3.8) is 0 Å². The highest BCUT2D eigenvalue weighted by Gasteiger charge is 2.44. The molecule has 3 atom stereocenters. The number of ether oxygens (including phenoxy) is 1. The third-order valence-electron chi connectivity index (χ3n) is 4.94. The van der Waals surface area contributed by atoms with Crippen molar-refractivity contribution in [1.82, 2.24) is 4.57 Å². The summed E-state index contributed by atoms with van der Waals surface area (Å²) >= 11 is 0. The van der Waals surface area contributed by atoms with Gasteiger partial charge >= 0.3 is 0 Å². The number of aliphatic hydroxyl groups is 1. The first-order valence-corrected chi connectivity index (χ1v) is 9.05. The predicted octanol–water partition coefficient (Wildman–Crippen LogP) is 1.98. The minimum atomic E-state index is -1.05. The molecule has 152 valence electrons. The van der Waals surface area contributed by atoms with Gasteiger partial charge in [-0.3, -0.25) is 4.79 Å². The van der Waals surface area contributed by atoms with E-state index in [-0.39, 0.29) is 12.0 Å². The zero-order chi connectivity index (χ0) is 21.3. The van der Waals surface area contributed by atoms with Crippen molar-refractivity contribution in [3.05, 3.63) is 73.7 Å². The van der Waals surface area contributed by atoms with Gasteiger partial charge < -0.3 is 19.2 Å². The van der Waals surface area contributed by atoms with E-state index in [2.05, 4.69) is 10.9 Å². The standard InChI is InChI=1S/C20H21N3O6/c1-12(29-23(26)27)8-13-6-7-22(17(24)10-13)18-15-9-14(11-21)4-5-16(15)28-20(2,3)19(18)25/h4-7,9-10,12,18-19,25H,8H2,1-3H3. The molecule has 0 amide bonds. The van der Waals surface area contributed by atoms with Gasteiger partial charge in [0.15, 0.2) is 0 Å². The van der Waals surface area contributed by atoms with Crippen molar-refractivity contribution in [3.8, 4) is 11.8 Å². The second-order valence-electron chi connectivity index (χ2n) is 7.58. The molecule has 0 fully saturated rings. The average Bonchev–Trinajstić information content (AvgIpc) is 2.62. The van der Waals surface area contributed by atoms with Gasteiger partial charge in [-0.2, -0.15) is 5.26 Å². The molecule has 0 saturated heterocycles. The first kappa shape index (κ1) is 20.4. The van der Waals surface area contributed by atoms with Crippen LogP contribution in [0, 0.1) is 21.4 Å². The highest BCUT2D eigenvalue weighted by atomic mass is 17.0. The van der Waals surface area contributed by atoms with E-state index in [9.17, 15) is 25.3 Å². The molecule has 9 heteroatoms. The average molecular weight is 399 g/mol. The maximum atomic E-state index is 12.8. The number of nitrogens with zero attached hydrogens (tertiary/aromatic N) is 3. The molecule has 0 saturated carbocycles. The minimum absolute atomic E-state index is 0.189. The summed E-state index contributed by atoms with van der Waals surface area (Å²) < 4.78 is 7.27. The van der Waals surface area contributed by atoms with Crippen LogP contribution in [0.1, 0.15) is 43.5 Å². The van der Waals surface area contributed by atoms with Crippen LogP contribution in [0.2, 0.25) is 0 Å². The molecule has 1 aliphatic heterocycles. The smallest absolute Gasteiger partial charge is 0.294 e. The van der Waals surface area contributed by atoms with E-state index in [1.54, 1.807) is 45.0 Å². The van der Waals surface area contributed by atoms with Gasteiger partial charge in [0.25, 0.3) is 10.6 Å². The number of hydrogen-bond acceptors (Lipinski definition) is 7. The number of rotatable bonds is 5. The molecule has 9 nitrogen and oxygen atoms in total. The van der Waals surface area contributed by atoms with Gasteiger partial charge in [0.2, 0.25) is 0 Å². The molecule has 3 rings (SSSR count). The first-order chi connectivity index (χ1) is 13.6. The largest absolute Gasteiger partial charge is 0.485 e. The van der Waals surface area contributed by atoms with Crippen LogP contribution in [-0.2, 0) is 11.3 Å². The van der Waals surface area contributed by atoms with Gasteiger partial charge in [-0.15, -0.1) is 10.1 Å². The summed E-state index contributed by atoms with van der Waals surface area (Å²) in [6, 6.07) is 9.20. The number of benzene rings is 1. The Morgan fingerprint density at radius 2 is 2.14 bits per heavy atom. The van der Waals surface area contributed by atoms with Crippen molar-refractivity contribution < 1.29 is 19.8 Å². The summed E-state index contributed by atoms with van der Waals surface area (Å²) in [6.45, 7) is 4.99. The van der Waals surface area contributed by atoms with E-state index in [0.29, 0.717) is 22.4 Å². The van der Waals surface area contributed by atoms with Crippen molar-refractivity contribution in [2.45, 2.75) is 51.0 Å². The third kappa shape index (κ3) is 4.07. The molecule has 2 aromatic rings. The highest BCUT2D eigenvalue weighted by Crippen LogP contribution is 2.41. The second-order valence-corrected chi connectivity index (χ2v) is 7.58. The predicted molar refractivity (Wildman–Crippen MR) is 102 cm³/mol. The van der Waals surface area contributed by atoms with Gasteiger partial charge in [0.1, 0.15) is 23.6 Å². The molecule has 1 N–H and O–H groups in total. The first-order valence-electron chi connectivity index (χ1n) is 9.05. The zero-order valence-electron chi connectivity index (χ0n) is 16.2. The number of hydrogen-bond donors (Lipinski definition) is 1. The summed E-state index contributed by atoms with van der Waals surface area (Å²) in [6.07, 6.45) is -0.0288. The van der Waals surface area contributed by atoms with Crippen LogP contribution < -0.4 is 10.3 Å². The number of nitriles is 1. The Morgan fingerprint density at radius 3 is 2.76 bits per heavy atom. The molecule has 1 aromatic carbocycles. The molecule has 0 radical (unpaired) electrons. The summed E-state index contributed by atoms with van der Waals surface area (Å²) in [5.41, 5.74) is 0.159. The topological polar surface area (TPSA) is 128 Å². The van der Waals surface area contributed by atoms with Crippen LogP contribution in [-0.4, -0.2) is 32.6 Å². The van der Waals surface area contributed by atoms with Crippen LogP contribution in [0.15, 0.2) is 41.3 Å². The highest BCUT2D eigenvalue weighted by molar-refractivity contribution is 5.46. The molecule has 29 heavy (non-hydrogen) atoms. The maximum Gasteiger partial charge on any atom is 0.294 e. The fourth-order valence-electron chi connectivity index (χ4n) is 3.54. The van der Waals surface area contributed by atoms with Gasteiger partial charge in [-0.1, -0.05) is 0 Å². The zero-order valence-corrected chi connectivity index (χ0v) is 16.2. The Morgan fingerprint density at radius 1 is 1.41 bits per heavy atom. The molecule has 2 heterocycles. The van der Waals surface area contributed by atoms with E-state index in [4.69, 9.17) is 4.74 Å². The van der Waals surface area contributed by atoms with Gasteiger partial charge in [-0.05, 0) is 57.0 Å². The van der Waals surface area contributed by atoms with E-state index < -0.39 is 28.9 Å². The van der Waals surface area contributed by atoms with E-state index >= 15 is 0 Å². The fraction of sp³-hybridized carbons (Fsp3) is 0.400. The molecule has 1 aromatic heterocycles. The van der Waals surface area contributed by atoms with Gasteiger partial charge in [-0.25, -0.2) is 0 Å². The minimum Gasteiger partial charge on any atom is -0.485 e. The molecule has 0 aliphatic carbocycles. The monoisotopic (exact) mass is 399 g/mol. The Balaban J connectivity index is 2.02. The maximum absolute atomic E-state index is 12.8. The van der Waals surface area contributed by atoms with Crippen molar-refractivity contribution >= 4 is 0 Å². The summed E-state index contributed by atoms with van der Waals surface area (Å²) in [5, 5.41) is 29.7. The molecule has 0 bridgehead atoms. The Kier molecular flexibility index (Phi) is 5.31. The number of aliphatic hydroxyl groups excluding tert-OH is 1. The molecule has 0 spiro atoms. The summed E-state index contributed by atoms with van der Waals surface area (Å²) in [4.78, 5) is 27.8. The van der Waals surface area contributed by atoms with Crippen molar-refractivity contribution in [2.24, 2.45) is 0 Å². The molecule has 1 aliphatic rings. The van der Waals surface area contributed by atoms with E-state index in [1.165, 1.54) is 16.8 Å². The van der Waals surface area contributed by atoms with Crippen LogP contribution in [0.25, 0.3) is 0 Å². The quantitative estimate of drug-likeness (QED) is 0.601. The normalized spacial score (nSPS) is 20.7. The third-order valence-corrected chi connectivity index (χ3v) is 4.94. The number of pyridine rings is 1. The lowest BCUT2D eigenvalue weighted by molar-refractivity contribution is -0.767. The molecular formula is C20H21N3O6. The summed E-state index contributed by atoms with van der Waals surface area (Å²) in [7, 11) is 0. The second kappa shape index (κ2) is 7.56. The number of fused-ring (bicyclic) bond motifs is 1. The van der Waals surface area contributed by atoms with E-state index in [0.717, 1.165) is 0 Å². The van der Waals surface area contributed by atoms with Crippen LogP contribution in [0.3, 0.4) is 0 Å². The summed E-state index contributed by atoms with van der Waals surface area (Å²) in [5.74, 6) is 0.494. The van der Waals surface area contributed by atoms with Crippen molar-refractivity contribution in [2.75, 3.05) is 0 Å². The van der Waals surface area contributed by atoms with Gasteiger partial charge in [0, 0.05) is 17.8 Å². The fourth-order valence-corrected chi connectivity index (χ4v) is 3.54. The Bertz CT molecular complexity index is 1040. The lowest BCUT2D eigenvalue weighted by Gasteiger charge is -2.42. The van der Waals surface area contributed by atoms with E-state index in [1.807, 2.05) is 0 Å². The Labute approximate surface area is 166 Å². The molecular weight excluding hydrogens is 378 g/mol. The lowest BCUT2D eigenvalue weighted by Crippen LogP contribution is -2.52. The van der Waals surface area contributed by atoms with Gasteiger partial charge in [0.05, 0.1) is 17.7 Å². The number of aromatic nitrogens is 1. The SMILES string of the molecule is CC(Cc1ccn(C2c3cc(C#N)ccc3OC(C)(C)C2O)c(=O)c1)O[N+](=O)[O-]. The van der Waals surface area contributed by atoms with Crippen LogP contribution >= 0.6 is 0 Å². The van der Waals surface area contributed by atoms with Crippen molar-refractivity contribution in [1.29, 1.82) is 5.26 Å². The Hall–Kier alpha value is -3.38. The van der Waals surface area contributed by atoms with Crippen LogP contribution in [0.4, 0.5) is 0 Å². The lowest BCUT2D eigenvalue weighted by atomic mass is 9.85. The van der Waals surface area contributed by atoms with Crippen LogP contribution in [0.5, 0.6) is 5.75 Å². The molecule has 3 unspecified atom stereocenters.